The Hall–Kier alpha value is -0.830. The van der Waals surface area contributed by atoms with E-state index in [0.717, 1.165) is 18.2 Å². The molecule has 1 atom stereocenters. The van der Waals surface area contributed by atoms with Gasteiger partial charge in [-0.1, -0.05) is 43.0 Å². The van der Waals surface area contributed by atoms with Crippen molar-refractivity contribution in [3.63, 3.8) is 0 Å². The van der Waals surface area contributed by atoms with E-state index < -0.39 is 4.75 Å². The fraction of sp³-hybridized carbons (Fsp3) is 0.455. The van der Waals surface area contributed by atoms with Gasteiger partial charge < -0.3 is 0 Å². The van der Waals surface area contributed by atoms with Gasteiger partial charge in [0.25, 0.3) is 0 Å². The van der Waals surface area contributed by atoms with E-state index >= 15 is 0 Å². The van der Waals surface area contributed by atoms with Gasteiger partial charge in [0.05, 0.1) is 11.2 Å². The number of Topliss-reactive ketones (excluding diaryl/α,β-unsaturated/α-hetero) is 1. The maximum absolute atomic E-state index is 11.5. The van der Waals surface area contributed by atoms with Gasteiger partial charge >= 0.3 is 0 Å². The quantitative estimate of drug-likeness (QED) is 0.530. The molecule has 0 saturated carbocycles. The van der Waals surface area contributed by atoms with Gasteiger partial charge in [-0.25, -0.2) is 0 Å². The molecule has 0 aromatic rings. The largest absolute Gasteiger partial charge is 0.297 e. The van der Waals surface area contributed by atoms with Crippen LogP contribution in [0.25, 0.3) is 0 Å². The number of carbonyl (C=O) groups excluding carboxylic acids is 2. The van der Waals surface area contributed by atoms with Crippen LogP contribution >= 0.6 is 11.8 Å². The molecule has 0 unspecified atom stereocenters. The fourth-order valence-electron chi connectivity index (χ4n) is 1.22. The highest BCUT2D eigenvalue weighted by Gasteiger charge is 2.41. The summed E-state index contributed by atoms with van der Waals surface area (Å²) in [6.07, 6.45) is 8.60. The number of rotatable bonds is 3. The van der Waals surface area contributed by atoms with Crippen LogP contribution in [0.3, 0.4) is 0 Å². The van der Waals surface area contributed by atoms with Gasteiger partial charge in [0.1, 0.15) is 0 Å². The lowest BCUT2D eigenvalue weighted by atomic mass is 10.0. The topological polar surface area (TPSA) is 34.1 Å². The Morgan fingerprint density at radius 1 is 1.43 bits per heavy atom. The van der Waals surface area contributed by atoms with Crippen molar-refractivity contribution in [2.75, 3.05) is 0 Å². The molecular weight excluding hydrogens is 196 g/mol. The van der Waals surface area contributed by atoms with Gasteiger partial charge in [-0.2, -0.15) is 0 Å². The Morgan fingerprint density at radius 2 is 2.14 bits per heavy atom. The van der Waals surface area contributed by atoms with Crippen LogP contribution in [0.5, 0.6) is 0 Å². The SMILES string of the molecule is CCC=CC=C[C@@]1(C)SC(=O)CC1=O. The van der Waals surface area contributed by atoms with E-state index in [1.165, 1.54) is 0 Å². The number of allylic oxidation sites excluding steroid dienone is 3. The second-order valence-electron chi connectivity index (χ2n) is 3.38. The first-order valence-electron chi connectivity index (χ1n) is 4.68. The Kier molecular flexibility index (Phi) is 3.69. The molecule has 0 aliphatic carbocycles. The lowest BCUT2D eigenvalue weighted by molar-refractivity contribution is -0.122. The fourth-order valence-corrected chi connectivity index (χ4v) is 2.23. The van der Waals surface area contributed by atoms with Crippen LogP contribution in [0, 0.1) is 0 Å². The van der Waals surface area contributed by atoms with Crippen molar-refractivity contribution in [1.29, 1.82) is 0 Å². The summed E-state index contributed by atoms with van der Waals surface area (Å²) in [5.41, 5.74) is 0. The van der Waals surface area contributed by atoms with Crippen LogP contribution in [0.15, 0.2) is 24.3 Å². The van der Waals surface area contributed by atoms with E-state index in [1.54, 1.807) is 13.0 Å². The highest BCUT2D eigenvalue weighted by Crippen LogP contribution is 2.37. The maximum Gasteiger partial charge on any atom is 0.197 e. The molecule has 0 bridgehead atoms. The normalized spacial score (nSPS) is 28.4. The summed E-state index contributed by atoms with van der Waals surface area (Å²) in [7, 11) is 0. The summed E-state index contributed by atoms with van der Waals surface area (Å²) in [4.78, 5) is 22.5. The predicted octanol–water partition coefficient (Wildman–Crippen LogP) is 2.50. The molecule has 14 heavy (non-hydrogen) atoms. The van der Waals surface area contributed by atoms with Crippen molar-refractivity contribution in [2.45, 2.75) is 31.4 Å². The first kappa shape index (κ1) is 11.2. The molecule has 0 N–H and O–H groups in total. The van der Waals surface area contributed by atoms with Crippen LogP contribution in [0.1, 0.15) is 26.7 Å². The zero-order valence-electron chi connectivity index (χ0n) is 8.45. The minimum atomic E-state index is -0.630. The monoisotopic (exact) mass is 210 g/mol. The summed E-state index contributed by atoms with van der Waals surface area (Å²) in [5, 5.41) is -0.0263. The van der Waals surface area contributed by atoms with E-state index in [-0.39, 0.29) is 17.3 Å². The standard InChI is InChI=1S/C11H14O2S/c1-3-4-5-6-7-11(2)9(12)8-10(13)14-11/h4-7H,3,8H2,1-2H3/t11-/m1/s1. The van der Waals surface area contributed by atoms with Gasteiger partial charge in [0, 0.05) is 0 Å². The molecule has 0 radical (unpaired) electrons. The van der Waals surface area contributed by atoms with Gasteiger partial charge in [0.2, 0.25) is 0 Å². The van der Waals surface area contributed by atoms with Gasteiger partial charge in [-0.05, 0) is 13.3 Å². The lowest BCUT2D eigenvalue weighted by Crippen LogP contribution is -2.22. The van der Waals surface area contributed by atoms with Gasteiger partial charge in [-0.15, -0.1) is 0 Å². The number of hydrogen-bond donors (Lipinski definition) is 0. The highest BCUT2D eigenvalue weighted by molar-refractivity contribution is 8.16. The molecule has 0 amide bonds. The van der Waals surface area contributed by atoms with Crippen molar-refractivity contribution >= 4 is 22.7 Å². The highest BCUT2D eigenvalue weighted by atomic mass is 32.2. The van der Waals surface area contributed by atoms with Crippen LogP contribution in [-0.2, 0) is 9.59 Å². The Morgan fingerprint density at radius 3 is 2.64 bits per heavy atom. The van der Waals surface area contributed by atoms with E-state index in [2.05, 4.69) is 0 Å². The van der Waals surface area contributed by atoms with E-state index in [1.807, 2.05) is 25.2 Å². The van der Waals surface area contributed by atoms with Crippen molar-refractivity contribution < 1.29 is 9.59 Å². The molecule has 2 nitrogen and oxygen atoms in total. The average molecular weight is 210 g/mol. The number of ketones is 1. The molecule has 0 aromatic heterocycles. The first-order valence-corrected chi connectivity index (χ1v) is 5.49. The molecule has 0 aromatic carbocycles. The summed E-state index contributed by atoms with van der Waals surface area (Å²) < 4.78 is -0.630. The van der Waals surface area contributed by atoms with Gasteiger partial charge in [-0.3, -0.25) is 9.59 Å². The molecule has 1 saturated heterocycles. The summed E-state index contributed by atoms with van der Waals surface area (Å²) in [6, 6.07) is 0. The second-order valence-corrected chi connectivity index (χ2v) is 4.88. The smallest absolute Gasteiger partial charge is 0.197 e. The zero-order chi connectivity index (χ0) is 10.6. The predicted molar refractivity (Wildman–Crippen MR) is 59.2 cm³/mol. The molecule has 1 aliphatic heterocycles. The first-order chi connectivity index (χ1) is 6.58. The minimum absolute atomic E-state index is 0.00801. The molecule has 3 heteroatoms. The van der Waals surface area contributed by atoms with Crippen molar-refractivity contribution in [2.24, 2.45) is 0 Å². The Labute approximate surface area is 88.4 Å². The van der Waals surface area contributed by atoms with Crippen molar-refractivity contribution in [3.8, 4) is 0 Å². The third kappa shape index (κ3) is 2.58. The molecule has 1 fully saturated rings. The van der Waals surface area contributed by atoms with Crippen molar-refractivity contribution in [3.05, 3.63) is 24.3 Å². The number of thioether (sulfide) groups is 1. The molecule has 76 valence electrons. The third-order valence-electron chi connectivity index (χ3n) is 2.08. The van der Waals surface area contributed by atoms with Crippen LogP contribution in [-0.4, -0.2) is 15.6 Å². The maximum atomic E-state index is 11.5. The van der Waals surface area contributed by atoms with E-state index in [0.29, 0.717) is 0 Å². The number of hydrogen-bond acceptors (Lipinski definition) is 3. The van der Waals surface area contributed by atoms with Crippen LogP contribution in [0.2, 0.25) is 0 Å². The minimum Gasteiger partial charge on any atom is -0.297 e. The Bertz CT molecular complexity index is 304. The summed E-state index contributed by atoms with van der Waals surface area (Å²) in [6.45, 7) is 3.84. The molecule has 1 aliphatic rings. The van der Waals surface area contributed by atoms with E-state index in [9.17, 15) is 9.59 Å². The molecule has 1 heterocycles. The third-order valence-corrected chi connectivity index (χ3v) is 3.24. The van der Waals surface area contributed by atoms with E-state index in [4.69, 9.17) is 0 Å². The Balaban J connectivity index is 2.67. The van der Waals surface area contributed by atoms with Crippen LogP contribution < -0.4 is 0 Å². The second kappa shape index (κ2) is 4.60. The molecular formula is C11H14O2S. The van der Waals surface area contributed by atoms with Gasteiger partial charge in [0.15, 0.2) is 10.9 Å². The lowest BCUT2D eigenvalue weighted by Gasteiger charge is -2.13. The number of carbonyl (C=O) groups is 2. The van der Waals surface area contributed by atoms with Crippen LogP contribution in [0.4, 0.5) is 0 Å². The zero-order valence-corrected chi connectivity index (χ0v) is 9.26. The molecule has 1 rings (SSSR count). The summed E-state index contributed by atoms with van der Waals surface area (Å²) in [5.74, 6) is 0.00801. The summed E-state index contributed by atoms with van der Waals surface area (Å²) >= 11 is 1.12. The molecule has 0 spiro atoms. The average Bonchev–Trinajstić information content (AvgIpc) is 2.36. The van der Waals surface area contributed by atoms with Crippen molar-refractivity contribution in [1.82, 2.24) is 0 Å².